The molecule has 2 N–H and O–H groups in total. The van der Waals surface area contributed by atoms with Crippen LogP contribution in [0.2, 0.25) is 0 Å². The first kappa shape index (κ1) is 14.6. The summed E-state index contributed by atoms with van der Waals surface area (Å²) in [4.78, 5) is 3.68. The van der Waals surface area contributed by atoms with E-state index in [0.717, 1.165) is 5.56 Å². The molecule has 0 amide bonds. The van der Waals surface area contributed by atoms with E-state index < -0.39 is 6.43 Å². The molecule has 0 radical (unpaired) electrons. The average molecular weight is 245 g/mol. The van der Waals surface area contributed by atoms with Crippen LogP contribution in [0.5, 0.6) is 0 Å². The number of thioether (sulfide) groups is 1. The summed E-state index contributed by atoms with van der Waals surface area (Å²) in [6, 6.07) is 3.09. The Balaban J connectivity index is 0.000000673. The molecule has 1 rings (SSSR count). The van der Waals surface area contributed by atoms with Gasteiger partial charge in [-0.15, -0.1) is 0 Å². The lowest BCUT2D eigenvalue weighted by Crippen LogP contribution is -1.93. The Morgan fingerprint density at radius 3 is 2.38 bits per heavy atom. The van der Waals surface area contributed by atoms with Gasteiger partial charge in [0.15, 0.2) is 6.19 Å². The quantitative estimate of drug-likeness (QED) is 0.657. The lowest BCUT2D eigenvalue weighted by molar-refractivity contribution is 0.146. The third kappa shape index (κ3) is 4.94. The molecule has 0 aromatic carbocycles. The van der Waals surface area contributed by atoms with Gasteiger partial charge in [-0.2, -0.15) is 17.0 Å². The van der Waals surface area contributed by atoms with Crippen molar-refractivity contribution in [2.24, 2.45) is 5.73 Å². The van der Waals surface area contributed by atoms with Crippen molar-refractivity contribution in [3.63, 3.8) is 0 Å². The number of hydrogen-bond donors (Lipinski definition) is 1. The fraction of sp³-hybridized carbons (Fsp3) is 0.400. The average Bonchev–Trinajstić information content (AvgIpc) is 2.29. The topological polar surface area (TPSA) is 62.7 Å². The van der Waals surface area contributed by atoms with Gasteiger partial charge in [0.2, 0.25) is 0 Å². The highest BCUT2D eigenvalue weighted by Crippen LogP contribution is 2.26. The molecule has 1 aromatic rings. The number of nitrogens with two attached hydrogens (primary N) is 1. The molecule has 0 saturated heterocycles. The minimum Gasteiger partial charge on any atom is -0.337 e. The van der Waals surface area contributed by atoms with Crippen molar-refractivity contribution in [3.8, 4) is 6.19 Å². The van der Waals surface area contributed by atoms with Crippen LogP contribution < -0.4 is 5.73 Å². The molecule has 0 bridgehead atoms. The SMILES string of the molecule is CSC(C)c1ccc(C(F)F)nc1.N#CN. The molecule has 1 unspecified atom stereocenters. The van der Waals surface area contributed by atoms with Crippen LogP contribution in [0.25, 0.3) is 0 Å². The molecule has 0 saturated carbocycles. The third-order valence-corrected chi connectivity index (χ3v) is 2.84. The van der Waals surface area contributed by atoms with E-state index in [-0.39, 0.29) is 5.69 Å². The molecule has 0 fully saturated rings. The number of pyridine rings is 1. The van der Waals surface area contributed by atoms with Gasteiger partial charge in [0.05, 0.1) is 0 Å². The Morgan fingerprint density at radius 1 is 1.50 bits per heavy atom. The number of nitriles is 1. The standard InChI is InChI=1S/C9H11F2NS.CH2N2/c1-6(13-2)7-3-4-8(9(10)11)12-5-7;2-1-3/h3-6,9H,1-2H3;2H2. The molecule has 0 aliphatic rings. The number of alkyl halides is 2. The molecule has 6 heteroatoms. The van der Waals surface area contributed by atoms with Crippen LogP contribution in [0, 0.1) is 11.5 Å². The Bertz CT molecular complexity index is 335. The van der Waals surface area contributed by atoms with Crippen molar-refractivity contribution in [3.05, 3.63) is 29.6 Å². The molecule has 1 aromatic heterocycles. The summed E-state index contributed by atoms with van der Waals surface area (Å²) >= 11 is 1.66. The van der Waals surface area contributed by atoms with Crippen LogP contribution in [0.15, 0.2) is 18.3 Å². The second-order valence-electron chi connectivity index (χ2n) is 2.82. The predicted molar refractivity (Wildman–Crippen MR) is 60.9 cm³/mol. The van der Waals surface area contributed by atoms with Crippen LogP contribution in [-0.2, 0) is 0 Å². The fourth-order valence-corrected chi connectivity index (χ4v) is 1.33. The summed E-state index contributed by atoms with van der Waals surface area (Å²) < 4.78 is 24.2. The van der Waals surface area contributed by atoms with E-state index in [4.69, 9.17) is 5.26 Å². The molecular formula is C10H13F2N3S. The van der Waals surface area contributed by atoms with Crippen LogP contribution in [0.4, 0.5) is 8.78 Å². The van der Waals surface area contributed by atoms with Gasteiger partial charge in [-0.1, -0.05) is 6.07 Å². The molecular weight excluding hydrogens is 232 g/mol. The summed E-state index contributed by atoms with van der Waals surface area (Å²) in [7, 11) is 0. The van der Waals surface area contributed by atoms with Crippen LogP contribution in [0.3, 0.4) is 0 Å². The molecule has 1 atom stereocenters. The van der Waals surface area contributed by atoms with E-state index in [2.05, 4.69) is 10.7 Å². The normalized spacial score (nSPS) is 11.2. The number of hydrogen-bond acceptors (Lipinski definition) is 4. The van der Waals surface area contributed by atoms with Gasteiger partial charge in [0, 0.05) is 11.4 Å². The zero-order valence-electron chi connectivity index (χ0n) is 9.02. The van der Waals surface area contributed by atoms with Gasteiger partial charge in [0.1, 0.15) is 5.69 Å². The van der Waals surface area contributed by atoms with E-state index in [1.54, 1.807) is 17.8 Å². The molecule has 88 valence electrons. The predicted octanol–water partition coefficient (Wildman–Crippen LogP) is 2.87. The van der Waals surface area contributed by atoms with E-state index in [1.807, 2.05) is 13.2 Å². The monoisotopic (exact) mass is 245 g/mol. The molecule has 16 heavy (non-hydrogen) atoms. The van der Waals surface area contributed by atoms with E-state index in [1.165, 1.54) is 18.5 Å². The summed E-state index contributed by atoms with van der Waals surface area (Å²) in [5.41, 5.74) is 4.98. The van der Waals surface area contributed by atoms with Gasteiger partial charge in [-0.3, -0.25) is 4.98 Å². The highest BCUT2D eigenvalue weighted by molar-refractivity contribution is 7.98. The number of aromatic nitrogens is 1. The lowest BCUT2D eigenvalue weighted by Gasteiger charge is -2.08. The summed E-state index contributed by atoms with van der Waals surface area (Å²) in [6.07, 6.45) is 2.27. The first-order valence-corrected chi connectivity index (χ1v) is 5.72. The Labute approximate surface area is 97.7 Å². The summed E-state index contributed by atoms with van der Waals surface area (Å²) in [5.74, 6) is 0. The maximum absolute atomic E-state index is 12.1. The molecule has 0 spiro atoms. The van der Waals surface area contributed by atoms with Gasteiger partial charge in [-0.05, 0) is 24.8 Å². The van der Waals surface area contributed by atoms with Crippen molar-refractivity contribution in [2.45, 2.75) is 18.6 Å². The lowest BCUT2D eigenvalue weighted by atomic mass is 10.2. The van der Waals surface area contributed by atoms with Crippen molar-refractivity contribution in [1.29, 1.82) is 5.26 Å². The van der Waals surface area contributed by atoms with Crippen molar-refractivity contribution in [1.82, 2.24) is 4.98 Å². The molecule has 0 aliphatic carbocycles. The number of halogens is 2. The highest BCUT2D eigenvalue weighted by Gasteiger charge is 2.09. The number of nitrogens with zero attached hydrogens (tertiary/aromatic N) is 2. The van der Waals surface area contributed by atoms with Gasteiger partial charge < -0.3 is 5.73 Å². The van der Waals surface area contributed by atoms with E-state index in [9.17, 15) is 8.78 Å². The minimum absolute atomic E-state index is 0.156. The van der Waals surface area contributed by atoms with Gasteiger partial charge >= 0.3 is 0 Å². The summed E-state index contributed by atoms with van der Waals surface area (Å²) in [5, 5.41) is 7.40. The van der Waals surface area contributed by atoms with E-state index >= 15 is 0 Å². The second-order valence-corrected chi connectivity index (χ2v) is 4.00. The van der Waals surface area contributed by atoms with Crippen molar-refractivity contribution in [2.75, 3.05) is 6.26 Å². The van der Waals surface area contributed by atoms with Crippen LogP contribution >= 0.6 is 11.8 Å². The highest BCUT2D eigenvalue weighted by atomic mass is 32.2. The van der Waals surface area contributed by atoms with E-state index in [0.29, 0.717) is 5.25 Å². The van der Waals surface area contributed by atoms with Crippen LogP contribution in [-0.4, -0.2) is 11.2 Å². The first-order valence-electron chi connectivity index (χ1n) is 4.43. The smallest absolute Gasteiger partial charge is 0.280 e. The minimum atomic E-state index is -2.47. The van der Waals surface area contributed by atoms with Crippen LogP contribution in [0.1, 0.15) is 29.9 Å². The molecule has 1 heterocycles. The number of rotatable bonds is 3. The molecule has 3 nitrogen and oxygen atoms in total. The third-order valence-electron chi connectivity index (χ3n) is 1.86. The maximum Gasteiger partial charge on any atom is 0.280 e. The van der Waals surface area contributed by atoms with Gasteiger partial charge in [0.25, 0.3) is 6.43 Å². The zero-order chi connectivity index (χ0) is 12.6. The van der Waals surface area contributed by atoms with Crippen molar-refractivity contribution < 1.29 is 8.78 Å². The Morgan fingerprint density at radius 2 is 2.06 bits per heavy atom. The zero-order valence-corrected chi connectivity index (χ0v) is 9.84. The molecule has 0 aliphatic heterocycles. The Hall–Kier alpha value is -1.35. The Kier molecular flexibility index (Phi) is 7.21. The first-order chi connectivity index (χ1) is 7.56. The van der Waals surface area contributed by atoms with Crippen molar-refractivity contribution >= 4 is 11.8 Å². The maximum atomic E-state index is 12.1. The second kappa shape index (κ2) is 7.88. The van der Waals surface area contributed by atoms with Gasteiger partial charge in [-0.25, -0.2) is 8.78 Å². The summed E-state index contributed by atoms with van der Waals surface area (Å²) in [6.45, 7) is 2.02. The fourth-order valence-electron chi connectivity index (χ4n) is 0.922. The largest absolute Gasteiger partial charge is 0.337 e.